The predicted molar refractivity (Wildman–Crippen MR) is 109 cm³/mol. The van der Waals surface area contributed by atoms with Crippen LogP contribution in [0.15, 0.2) is 30.3 Å². The lowest BCUT2D eigenvalue weighted by molar-refractivity contribution is -0.148. The van der Waals surface area contributed by atoms with Gasteiger partial charge >= 0.3 is 5.97 Å². The second kappa shape index (κ2) is 6.62. The Morgan fingerprint density at radius 3 is 2.79 bits per heavy atom. The van der Waals surface area contributed by atoms with Gasteiger partial charge in [-0.2, -0.15) is 0 Å². The quantitative estimate of drug-likeness (QED) is 0.609. The molecule has 0 saturated heterocycles. The number of rotatable bonds is 3. The third kappa shape index (κ3) is 3.09. The van der Waals surface area contributed by atoms with Crippen molar-refractivity contribution in [2.75, 3.05) is 4.90 Å². The zero-order valence-corrected chi connectivity index (χ0v) is 17.2. The molecule has 1 amide bonds. The van der Waals surface area contributed by atoms with Crippen LogP contribution in [0, 0.1) is 6.92 Å². The van der Waals surface area contributed by atoms with Crippen molar-refractivity contribution in [2.24, 2.45) is 0 Å². The van der Waals surface area contributed by atoms with Gasteiger partial charge in [0.15, 0.2) is 10.7 Å². The van der Waals surface area contributed by atoms with Gasteiger partial charge in [0, 0.05) is 5.02 Å². The topological polar surface area (TPSA) is 79.7 Å². The highest BCUT2D eigenvalue weighted by molar-refractivity contribution is 7.23. The van der Waals surface area contributed by atoms with E-state index in [-0.39, 0.29) is 0 Å². The molecule has 3 aromatic rings. The number of fused-ring (bicyclic) bond motifs is 2. The van der Waals surface area contributed by atoms with Crippen LogP contribution in [-0.2, 0) is 9.59 Å². The second-order valence-corrected chi connectivity index (χ2v) is 8.57. The molecule has 0 radical (unpaired) electrons. The fraction of sp³-hybridized carbons (Fsp3) is 0.211. The number of benzene rings is 2. The van der Waals surface area contributed by atoms with Crippen LogP contribution in [0.5, 0.6) is 5.75 Å². The van der Waals surface area contributed by atoms with Crippen molar-refractivity contribution < 1.29 is 19.4 Å². The highest BCUT2D eigenvalue weighted by Gasteiger charge is 2.47. The van der Waals surface area contributed by atoms with Gasteiger partial charge in [0.2, 0.25) is 0 Å². The molecule has 4 rings (SSSR count). The maximum atomic E-state index is 13.3. The third-order valence-corrected chi connectivity index (χ3v) is 6.14. The molecule has 2 heterocycles. The average Bonchev–Trinajstić information content (AvgIpc) is 2.99. The number of aliphatic carboxylic acids is 1. The predicted octanol–water partition coefficient (Wildman–Crippen LogP) is 5.20. The average molecular weight is 437 g/mol. The van der Waals surface area contributed by atoms with Crippen molar-refractivity contribution >= 4 is 67.5 Å². The first-order chi connectivity index (χ1) is 13.2. The molecule has 28 heavy (non-hydrogen) atoms. The Labute approximate surface area is 174 Å². The first-order valence-electron chi connectivity index (χ1n) is 8.29. The largest absolute Gasteiger partial charge is 0.481 e. The summed E-state index contributed by atoms with van der Waals surface area (Å²) in [6.45, 7) is 3.36. The van der Waals surface area contributed by atoms with Crippen molar-refractivity contribution in [3.63, 3.8) is 0 Å². The molecule has 1 atom stereocenters. The van der Waals surface area contributed by atoms with E-state index in [1.807, 2.05) is 13.0 Å². The van der Waals surface area contributed by atoms with Crippen molar-refractivity contribution in [1.82, 2.24) is 4.98 Å². The summed E-state index contributed by atoms with van der Waals surface area (Å²) in [6, 6.07) is 8.65. The third-order valence-electron chi connectivity index (χ3n) is 4.42. The molecular formula is C19H14Cl2N2O4S. The highest BCUT2D eigenvalue weighted by atomic mass is 35.5. The van der Waals surface area contributed by atoms with E-state index in [0.717, 1.165) is 5.56 Å². The lowest BCUT2D eigenvalue weighted by Crippen LogP contribution is -2.53. The number of thiazole rings is 1. The molecule has 2 aromatic carbocycles. The molecule has 144 valence electrons. The van der Waals surface area contributed by atoms with Crippen LogP contribution in [0.25, 0.3) is 10.2 Å². The lowest BCUT2D eigenvalue weighted by Gasteiger charge is -2.38. The molecule has 1 N–H and O–H groups in total. The summed E-state index contributed by atoms with van der Waals surface area (Å²) in [5.74, 6) is -1.22. The van der Waals surface area contributed by atoms with Crippen LogP contribution in [0.4, 0.5) is 10.8 Å². The number of carboxylic acids is 1. The Kier molecular flexibility index (Phi) is 4.49. The van der Waals surface area contributed by atoms with E-state index in [2.05, 4.69) is 4.98 Å². The van der Waals surface area contributed by atoms with E-state index in [1.54, 1.807) is 24.3 Å². The normalized spacial score (nSPS) is 18.9. The monoisotopic (exact) mass is 436 g/mol. The number of halogens is 2. The summed E-state index contributed by atoms with van der Waals surface area (Å²) in [5, 5.41) is 10.5. The number of carbonyl (C=O) groups excluding carboxylic acids is 1. The smallest absolute Gasteiger partial charge is 0.307 e. The molecule has 9 heteroatoms. The van der Waals surface area contributed by atoms with E-state index in [1.165, 1.54) is 23.2 Å². The van der Waals surface area contributed by atoms with Crippen molar-refractivity contribution in [1.29, 1.82) is 0 Å². The summed E-state index contributed by atoms with van der Waals surface area (Å²) < 4.78 is 6.54. The summed E-state index contributed by atoms with van der Waals surface area (Å²) in [7, 11) is 0. The Balaban J connectivity index is 1.92. The van der Waals surface area contributed by atoms with Gasteiger partial charge < -0.3 is 9.84 Å². The lowest BCUT2D eigenvalue weighted by atomic mass is 9.97. The number of amides is 1. The Bertz CT molecular complexity index is 1150. The molecule has 0 saturated carbocycles. The number of aromatic nitrogens is 1. The maximum Gasteiger partial charge on any atom is 0.307 e. The van der Waals surface area contributed by atoms with Gasteiger partial charge in [-0.25, -0.2) is 9.88 Å². The number of aryl methyl sites for hydroxylation is 1. The van der Waals surface area contributed by atoms with Crippen LogP contribution in [0.3, 0.4) is 0 Å². The molecular weight excluding hydrogens is 423 g/mol. The number of nitrogens with zero attached hydrogens (tertiary/aromatic N) is 2. The molecule has 1 aromatic heterocycles. The fourth-order valence-corrected chi connectivity index (χ4v) is 4.72. The van der Waals surface area contributed by atoms with Gasteiger partial charge in [0.05, 0.1) is 27.3 Å². The minimum Gasteiger partial charge on any atom is -0.481 e. The Morgan fingerprint density at radius 1 is 1.32 bits per heavy atom. The van der Waals surface area contributed by atoms with Crippen LogP contribution in [0.1, 0.15) is 18.9 Å². The molecule has 6 nitrogen and oxygen atoms in total. The minimum atomic E-state index is -1.56. The first-order valence-corrected chi connectivity index (χ1v) is 9.87. The van der Waals surface area contributed by atoms with Crippen LogP contribution >= 0.6 is 34.5 Å². The van der Waals surface area contributed by atoms with Crippen molar-refractivity contribution in [2.45, 2.75) is 25.9 Å². The standard InChI is InChI=1S/C19H14Cl2N2O4S/c1-9-3-4-13-14(5-9)27-19(2,8-15(24)25)17(26)23(13)18-22-12-7-10(20)6-11(21)16(12)28-18/h3-7H,8H2,1-2H3,(H,24,25). The molecule has 0 bridgehead atoms. The second-order valence-electron chi connectivity index (χ2n) is 6.75. The summed E-state index contributed by atoms with van der Waals surface area (Å²) >= 11 is 13.6. The van der Waals surface area contributed by atoms with Gasteiger partial charge in [0.25, 0.3) is 5.91 Å². The number of carbonyl (C=O) groups is 2. The molecule has 1 aliphatic heterocycles. The van der Waals surface area contributed by atoms with Gasteiger partial charge in [0.1, 0.15) is 5.75 Å². The summed E-state index contributed by atoms with van der Waals surface area (Å²) in [6.07, 6.45) is -0.479. The van der Waals surface area contributed by atoms with Crippen molar-refractivity contribution in [3.05, 3.63) is 45.9 Å². The number of hydrogen-bond acceptors (Lipinski definition) is 5. The summed E-state index contributed by atoms with van der Waals surface area (Å²) in [5.41, 5.74) is 0.418. The van der Waals surface area contributed by atoms with Crippen LogP contribution < -0.4 is 9.64 Å². The fourth-order valence-electron chi connectivity index (χ4n) is 3.15. The zero-order valence-electron chi connectivity index (χ0n) is 14.8. The number of anilines is 2. The first kappa shape index (κ1) is 19.0. The summed E-state index contributed by atoms with van der Waals surface area (Å²) in [4.78, 5) is 30.6. The number of hydrogen-bond donors (Lipinski definition) is 1. The zero-order chi connectivity index (χ0) is 20.2. The van der Waals surface area contributed by atoms with Crippen molar-refractivity contribution in [3.8, 4) is 5.75 Å². The van der Waals surface area contributed by atoms with Gasteiger partial charge in [-0.15, -0.1) is 0 Å². The molecule has 1 unspecified atom stereocenters. The van der Waals surface area contributed by atoms with E-state index >= 15 is 0 Å². The maximum absolute atomic E-state index is 13.3. The van der Waals surface area contributed by atoms with Gasteiger partial charge in [-0.05, 0) is 43.7 Å². The van der Waals surface area contributed by atoms with E-state index in [4.69, 9.17) is 27.9 Å². The Morgan fingerprint density at radius 2 is 2.07 bits per heavy atom. The SMILES string of the molecule is Cc1ccc2c(c1)OC(C)(CC(=O)O)C(=O)N2c1nc2cc(Cl)cc(Cl)c2s1. The van der Waals surface area contributed by atoms with E-state index in [0.29, 0.717) is 36.8 Å². The molecule has 0 spiro atoms. The van der Waals surface area contributed by atoms with Gasteiger partial charge in [-0.1, -0.05) is 40.6 Å². The molecule has 0 aliphatic carbocycles. The number of carboxylic acid groups (broad SMARTS) is 1. The van der Waals surface area contributed by atoms with Crippen LogP contribution in [0.2, 0.25) is 10.0 Å². The molecule has 1 aliphatic rings. The number of ether oxygens (including phenoxy) is 1. The van der Waals surface area contributed by atoms with Crippen LogP contribution in [-0.4, -0.2) is 27.6 Å². The van der Waals surface area contributed by atoms with E-state index < -0.39 is 23.9 Å². The Hall–Kier alpha value is -2.35. The van der Waals surface area contributed by atoms with E-state index in [9.17, 15) is 14.7 Å². The highest BCUT2D eigenvalue weighted by Crippen LogP contribution is 2.46. The minimum absolute atomic E-state index is 0.370. The van der Waals surface area contributed by atoms with Gasteiger partial charge in [-0.3, -0.25) is 9.59 Å². The molecule has 0 fully saturated rings.